The number of hydrogen-bond acceptors (Lipinski definition) is 7. The highest BCUT2D eigenvalue weighted by Crippen LogP contribution is 2.17. The molecule has 1 aromatic heterocycles. The molecule has 0 aliphatic carbocycles. The minimum atomic E-state index is -3.49. The molecule has 0 bridgehead atoms. The average molecular weight is 425 g/mol. The fourth-order valence-electron chi connectivity index (χ4n) is 3.02. The summed E-state index contributed by atoms with van der Waals surface area (Å²) in [5.41, 5.74) is 1.11. The second-order valence-corrected chi connectivity index (χ2v) is 8.88. The molecular weight excluding hydrogens is 402 g/mol. The van der Waals surface area contributed by atoms with Gasteiger partial charge >= 0.3 is 11.8 Å². The molecule has 158 valence electrons. The van der Waals surface area contributed by atoms with Gasteiger partial charge < -0.3 is 15.4 Å². The second kappa shape index (κ2) is 8.76. The van der Waals surface area contributed by atoms with E-state index < -0.39 is 21.8 Å². The molecule has 0 unspecified atom stereocenters. The molecule has 3 rings (SSSR count). The van der Waals surface area contributed by atoms with Gasteiger partial charge in [0.1, 0.15) is 0 Å². The van der Waals surface area contributed by atoms with E-state index in [2.05, 4.69) is 25.3 Å². The zero-order valence-electron chi connectivity index (χ0n) is 16.0. The summed E-state index contributed by atoms with van der Waals surface area (Å²) >= 11 is 0. The number of rotatable bonds is 6. The zero-order valence-corrected chi connectivity index (χ0v) is 16.9. The molecule has 11 nitrogen and oxygen atoms in total. The van der Waals surface area contributed by atoms with Crippen molar-refractivity contribution in [1.82, 2.24) is 19.8 Å². The molecule has 2 atom stereocenters. The quantitative estimate of drug-likeness (QED) is 0.614. The van der Waals surface area contributed by atoms with Crippen LogP contribution in [0.3, 0.4) is 0 Å². The summed E-state index contributed by atoms with van der Waals surface area (Å²) in [4.78, 5) is 25.4. The number of sulfonamides is 1. The molecule has 12 heteroatoms. The van der Waals surface area contributed by atoms with Crippen LogP contribution in [0.1, 0.15) is 13.8 Å². The highest BCUT2D eigenvalue weighted by atomic mass is 32.2. The first-order valence-corrected chi connectivity index (χ1v) is 10.7. The lowest BCUT2D eigenvalue weighted by atomic mass is 10.2. The summed E-state index contributed by atoms with van der Waals surface area (Å²) in [6.07, 6.45) is -0.328. The Morgan fingerprint density at radius 1 is 1.24 bits per heavy atom. The normalized spacial score (nSPS) is 20.3. The Labute approximate surface area is 167 Å². The van der Waals surface area contributed by atoms with Crippen molar-refractivity contribution in [3.05, 3.63) is 34.8 Å². The van der Waals surface area contributed by atoms with E-state index in [9.17, 15) is 18.0 Å². The van der Waals surface area contributed by atoms with Gasteiger partial charge in [-0.3, -0.25) is 9.51 Å². The Morgan fingerprint density at radius 2 is 1.90 bits per heavy atom. The van der Waals surface area contributed by atoms with Crippen LogP contribution in [0.25, 0.3) is 11.4 Å². The smallest absolute Gasteiger partial charge is 0.373 e. The third-order valence-corrected chi connectivity index (χ3v) is 6.09. The maximum atomic E-state index is 12.5. The van der Waals surface area contributed by atoms with E-state index >= 15 is 0 Å². The highest BCUT2D eigenvalue weighted by Gasteiger charge is 2.30. The number of aromatic amines is 1. The zero-order chi connectivity index (χ0) is 21.0. The SMILES string of the molecule is C[C@H]1CN(S(=O)(=O)CCNC(=O)Nc2ccc(-c3noc(=O)[nH]3)cc2)C[C@H](C)O1. The van der Waals surface area contributed by atoms with E-state index in [-0.39, 0.29) is 30.3 Å². The number of carbonyl (C=O) groups excluding carboxylic acids is 1. The van der Waals surface area contributed by atoms with Gasteiger partial charge in [-0.15, -0.1) is 0 Å². The van der Waals surface area contributed by atoms with E-state index in [0.717, 1.165) is 0 Å². The molecule has 2 aromatic rings. The van der Waals surface area contributed by atoms with Gasteiger partial charge in [0.2, 0.25) is 10.0 Å². The van der Waals surface area contributed by atoms with Crippen molar-refractivity contribution in [3.63, 3.8) is 0 Å². The van der Waals surface area contributed by atoms with Crippen LogP contribution in [-0.2, 0) is 14.8 Å². The number of anilines is 1. The summed E-state index contributed by atoms with van der Waals surface area (Å²) in [6.45, 7) is 4.25. The predicted octanol–water partition coefficient (Wildman–Crippen LogP) is 0.590. The van der Waals surface area contributed by atoms with Crippen LogP contribution >= 0.6 is 0 Å². The molecule has 0 spiro atoms. The van der Waals surface area contributed by atoms with Crippen LogP contribution < -0.4 is 16.4 Å². The molecule has 1 saturated heterocycles. The van der Waals surface area contributed by atoms with Gasteiger partial charge in [-0.2, -0.15) is 4.31 Å². The number of nitrogens with zero attached hydrogens (tertiary/aromatic N) is 2. The van der Waals surface area contributed by atoms with Crippen LogP contribution in [0.15, 0.2) is 33.6 Å². The standard InChI is InChI=1S/C17H23N5O6S/c1-11-9-22(10-12(2)27-11)29(25,26)8-7-18-16(23)19-14-5-3-13(4-6-14)15-20-17(24)28-21-15/h3-6,11-12H,7-10H2,1-2H3,(H2,18,19,23)(H,20,21,24)/t11-,12-/m0/s1. The molecule has 1 aromatic carbocycles. The van der Waals surface area contributed by atoms with Crippen molar-refractivity contribution in [2.75, 3.05) is 30.7 Å². The van der Waals surface area contributed by atoms with Crippen molar-refractivity contribution < 1.29 is 22.5 Å². The predicted molar refractivity (Wildman–Crippen MR) is 105 cm³/mol. The first-order valence-electron chi connectivity index (χ1n) is 9.07. The van der Waals surface area contributed by atoms with Crippen LogP contribution in [0.4, 0.5) is 10.5 Å². The fourth-order valence-corrected chi connectivity index (χ4v) is 4.51. The highest BCUT2D eigenvalue weighted by molar-refractivity contribution is 7.89. The van der Waals surface area contributed by atoms with Gasteiger partial charge in [-0.25, -0.2) is 18.0 Å². The number of amides is 2. The van der Waals surface area contributed by atoms with Crippen LogP contribution in [0.5, 0.6) is 0 Å². The number of morpholine rings is 1. The van der Waals surface area contributed by atoms with Gasteiger partial charge in [-0.05, 0) is 38.1 Å². The second-order valence-electron chi connectivity index (χ2n) is 6.79. The molecule has 29 heavy (non-hydrogen) atoms. The van der Waals surface area contributed by atoms with E-state index in [4.69, 9.17) is 4.74 Å². The number of ether oxygens (including phenoxy) is 1. The van der Waals surface area contributed by atoms with Crippen LogP contribution in [0.2, 0.25) is 0 Å². The maximum Gasteiger partial charge on any atom is 0.439 e. The van der Waals surface area contributed by atoms with E-state index in [0.29, 0.717) is 24.3 Å². The molecule has 2 heterocycles. The van der Waals surface area contributed by atoms with Crippen molar-refractivity contribution in [2.24, 2.45) is 0 Å². The molecule has 2 amide bonds. The number of carbonyl (C=O) groups is 1. The molecule has 1 fully saturated rings. The van der Waals surface area contributed by atoms with Crippen LogP contribution in [0, 0.1) is 0 Å². The largest absolute Gasteiger partial charge is 0.439 e. The third-order valence-electron chi connectivity index (χ3n) is 4.28. The molecule has 1 aliphatic rings. The monoisotopic (exact) mass is 425 g/mol. The first kappa shape index (κ1) is 21.0. The van der Waals surface area contributed by atoms with Crippen molar-refractivity contribution >= 4 is 21.7 Å². The third kappa shape index (κ3) is 5.65. The number of H-pyrrole nitrogens is 1. The lowest BCUT2D eigenvalue weighted by Gasteiger charge is -2.34. The van der Waals surface area contributed by atoms with Crippen molar-refractivity contribution in [3.8, 4) is 11.4 Å². The fraction of sp³-hybridized carbons (Fsp3) is 0.471. The van der Waals surface area contributed by atoms with E-state index in [1.807, 2.05) is 13.8 Å². The summed E-state index contributed by atoms with van der Waals surface area (Å²) < 4.78 is 36.3. The Morgan fingerprint density at radius 3 is 2.48 bits per heavy atom. The molecule has 1 aliphatic heterocycles. The minimum Gasteiger partial charge on any atom is -0.373 e. The van der Waals surface area contributed by atoms with Gasteiger partial charge in [0.15, 0.2) is 5.82 Å². The maximum absolute atomic E-state index is 12.5. The van der Waals surface area contributed by atoms with Crippen LogP contribution in [-0.4, -0.2) is 66.5 Å². The summed E-state index contributed by atoms with van der Waals surface area (Å²) in [5.74, 6) is -0.571. The molecule has 0 saturated carbocycles. The summed E-state index contributed by atoms with van der Waals surface area (Å²) in [7, 11) is -3.49. The number of hydrogen-bond donors (Lipinski definition) is 3. The lowest BCUT2D eigenvalue weighted by molar-refractivity contribution is -0.0440. The Balaban J connectivity index is 1.48. The van der Waals surface area contributed by atoms with E-state index in [1.165, 1.54) is 4.31 Å². The molecule has 0 radical (unpaired) electrons. The van der Waals surface area contributed by atoms with Crippen molar-refractivity contribution in [1.29, 1.82) is 0 Å². The number of aromatic nitrogens is 2. The number of benzene rings is 1. The Kier molecular flexibility index (Phi) is 6.35. The van der Waals surface area contributed by atoms with E-state index in [1.54, 1.807) is 24.3 Å². The lowest BCUT2D eigenvalue weighted by Crippen LogP contribution is -2.49. The first-order chi connectivity index (χ1) is 13.7. The molecule has 3 N–H and O–H groups in total. The Hall–Kier alpha value is -2.70. The van der Waals surface area contributed by atoms with Gasteiger partial charge in [-0.1, -0.05) is 5.16 Å². The number of urea groups is 1. The topological polar surface area (TPSA) is 147 Å². The van der Waals surface area contributed by atoms with Gasteiger partial charge in [0.05, 0.1) is 18.0 Å². The van der Waals surface area contributed by atoms with Crippen molar-refractivity contribution in [2.45, 2.75) is 26.1 Å². The average Bonchev–Trinajstić information content (AvgIpc) is 3.08. The summed E-state index contributed by atoms with van der Waals surface area (Å²) in [5, 5.41) is 8.72. The Bertz CT molecular complexity index is 990. The number of nitrogens with one attached hydrogen (secondary N) is 3. The van der Waals surface area contributed by atoms with Gasteiger partial charge in [0.25, 0.3) is 0 Å². The minimum absolute atomic E-state index is 0.0213. The summed E-state index contributed by atoms with van der Waals surface area (Å²) in [6, 6.07) is 6.01. The van der Waals surface area contributed by atoms with Gasteiger partial charge in [0, 0.05) is 30.9 Å². The molecular formula is C17H23N5O6S.